The molecule has 3 N–H and O–H groups in total. The fourth-order valence-electron chi connectivity index (χ4n) is 1.95. The topological polar surface area (TPSA) is 79.5 Å². The quantitative estimate of drug-likeness (QED) is 0.681. The van der Waals surface area contributed by atoms with Crippen LogP contribution in [0.5, 0.6) is 0 Å². The highest BCUT2D eigenvalue weighted by Gasteiger charge is 2.21. The van der Waals surface area contributed by atoms with Crippen molar-refractivity contribution in [3.05, 3.63) is 34.9 Å². The predicted molar refractivity (Wildman–Crippen MR) is 86.7 cm³/mol. The van der Waals surface area contributed by atoms with Gasteiger partial charge in [0.2, 0.25) is 0 Å². The van der Waals surface area contributed by atoms with Crippen LogP contribution < -0.4 is 16.0 Å². The molecule has 1 aliphatic rings. The maximum Gasteiger partial charge on any atom is 0.252 e. The van der Waals surface area contributed by atoms with Crippen LogP contribution in [0.25, 0.3) is 0 Å². The lowest BCUT2D eigenvalue weighted by molar-refractivity contribution is -0.134. The van der Waals surface area contributed by atoms with Crippen LogP contribution in [0.3, 0.4) is 0 Å². The maximum atomic E-state index is 11.9. The van der Waals surface area contributed by atoms with Gasteiger partial charge in [0, 0.05) is 26.2 Å². The van der Waals surface area contributed by atoms with Gasteiger partial charge in [-0.2, -0.15) is 0 Å². The molecule has 2 rings (SSSR count). The van der Waals surface area contributed by atoms with E-state index in [2.05, 4.69) is 16.0 Å². The van der Waals surface area contributed by atoms with E-state index < -0.39 is 6.10 Å². The lowest BCUT2D eigenvalue weighted by Crippen LogP contribution is -2.49. The molecule has 0 bridgehead atoms. The average molecular weight is 348 g/mol. The molecule has 1 atom stereocenters. The maximum absolute atomic E-state index is 11.9. The standard InChI is InChI=1S/C14H18ClN3O3.ClH/c15-11-4-2-1-3-10(11)13(19)17-5-6-18-14(20)12-9-16-7-8-21-12;/h1-4,12,16H,5-9H2,(H,17,19)(H,18,20);1H. The number of halogens is 2. The minimum absolute atomic E-state index is 0. The van der Waals surface area contributed by atoms with Gasteiger partial charge in [-0.25, -0.2) is 0 Å². The molecule has 2 amide bonds. The Morgan fingerprint density at radius 3 is 2.68 bits per heavy atom. The summed E-state index contributed by atoms with van der Waals surface area (Å²) in [5.74, 6) is -0.431. The molecule has 1 unspecified atom stereocenters. The summed E-state index contributed by atoms with van der Waals surface area (Å²) < 4.78 is 5.32. The highest BCUT2D eigenvalue weighted by atomic mass is 35.5. The molecular weight excluding hydrogens is 329 g/mol. The summed E-state index contributed by atoms with van der Waals surface area (Å²) in [7, 11) is 0. The number of carbonyl (C=O) groups excluding carboxylic acids is 2. The fourth-order valence-corrected chi connectivity index (χ4v) is 2.17. The number of morpholine rings is 1. The molecule has 22 heavy (non-hydrogen) atoms. The van der Waals surface area contributed by atoms with Crippen molar-refractivity contribution in [3.8, 4) is 0 Å². The first-order chi connectivity index (χ1) is 10.2. The van der Waals surface area contributed by atoms with Gasteiger partial charge in [-0.15, -0.1) is 12.4 Å². The first kappa shape index (κ1) is 18.7. The smallest absolute Gasteiger partial charge is 0.252 e. The van der Waals surface area contributed by atoms with Gasteiger partial charge >= 0.3 is 0 Å². The van der Waals surface area contributed by atoms with E-state index in [0.717, 1.165) is 6.54 Å². The Kier molecular flexibility index (Phi) is 8.19. The summed E-state index contributed by atoms with van der Waals surface area (Å²) in [4.78, 5) is 23.6. The Bertz CT molecular complexity index is 508. The van der Waals surface area contributed by atoms with Crippen molar-refractivity contribution in [2.24, 2.45) is 0 Å². The van der Waals surface area contributed by atoms with Crippen molar-refractivity contribution in [2.75, 3.05) is 32.8 Å². The first-order valence-electron chi connectivity index (χ1n) is 6.81. The molecule has 122 valence electrons. The van der Waals surface area contributed by atoms with Crippen LogP contribution in [0, 0.1) is 0 Å². The fraction of sp³-hybridized carbons (Fsp3) is 0.429. The molecule has 1 aliphatic heterocycles. The third kappa shape index (κ3) is 5.46. The summed E-state index contributed by atoms with van der Waals surface area (Å²) >= 11 is 5.93. The van der Waals surface area contributed by atoms with Crippen molar-refractivity contribution in [2.45, 2.75) is 6.10 Å². The Morgan fingerprint density at radius 2 is 2.00 bits per heavy atom. The van der Waals surface area contributed by atoms with Crippen LogP contribution in [0.15, 0.2) is 24.3 Å². The molecule has 0 saturated carbocycles. The van der Waals surface area contributed by atoms with E-state index in [9.17, 15) is 9.59 Å². The molecule has 6 nitrogen and oxygen atoms in total. The second-order valence-electron chi connectivity index (χ2n) is 4.59. The Morgan fingerprint density at radius 1 is 1.27 bits per heavy atom. The first-order valence-corrected chi connectivity index (χ1v) is 7.19. The van der Waals surface area contributed by atoms with Gasteiger partial charge < -0.3 is 20.7 Å². The monoisotopic (exact) mass is 347 g/mol. The predicted octanol–water partition coefficient (Wildman–Crippen LogP) is 0.596. The van der Waals surface area contributed by atoms with Crippen LogP contribution in [-0.2, 0) is 9.53 Å². The number of rotatable bonds is 5. The third-order valence-electron chi connectivity index (χ3n) is 3.05. The zero-order chi connectivity index (χ0) is 15.1. The average Bonchev–Trinajstić information content (AvgIpc) is 2.52. The number of nitrogens with one attached hydrogen (secondary N) is 3. The van der Waals surface area contributed by atoms with Crippen LogP contribution in [0.1, 0.15) is 10.4 Å². The number of hydrogen-bond acceptors (Lipinski definition) is 4. The van der Waals surface area contributed by atoms with Gasteiger partial charge in [-0.05, 0) is 12.1 Å². The van der Waals surface area contributed by atoms with E-state index in [0.29, 0.717) is 36.8 Å². The summed E-state index contributed by atoms with van der Waals surface area (Å²) in [6.07, 6.45) is -0.460. The van der Waals surface area contributed by atoms with E-state index in [-0.39, 0.29) is 24.2 Å². The van der Waals surface area contributed by atoms with E-state index in [1.54, 1.807) is 24.3 Å². The molecule has 0 radical (unpaired) electrons. The second-order valence-corrected chi connectivity index (χ2v) is 5.00. The number of amides is 2. The minimum Gasteiger partial charge on any atom is -0.366 e. The normalized spacial score (nSPS) is 17.2. The molecule has 8 heteroatoms. The van der Waals surface area contributed by atoms with Crippen molar-refractivity contribution in [1.29, 1.82) is 0 Å². The molecule has 1 heterocycles. The molecule has 1 aromatic carbocycles. The van der Waals surface area contributed by atoms with E-state index >= 15 is 0 Å². The number of ether oxygens (including phenoxy) is 1. The van der Waals surface area contributed by atoms with Gasteiger partial charge in [0.15, 0.2) is 0 Å². The van der Waals surface area contributed by atoms with Gasteiger partial charge in [-0.1, -0.05) is 23.7 Å². The van der Waals surface area contributed by atoms with Crippen LogP contribution in [-0.4, -0.2) is 50.7 Å². The zero-order valence-electron chi connectivity index (χ0n) is 11.9. The largest absolute Gasteiger partial charge is 0.366 e. The molecular formula is C14H19Cl2N3O3. The van der Waals surface area contributed by atoms with Crippen LogP contribution in [0.4, 0.5) is 0 Å². The van der Waals surface area contributed by atoms with Crippen LogP contribution in [0.2, 0.25) is 5.02 Å². The van der Waals surface area contributed by atoms with Crippen molar-refractivity contribution >= 4 is 35.8 Å². The van der Waals surface area contributed by atoms with Crippen molar-refractivity contribution < 1.29 is 14.3 Å². The number of hydrogen-bond donors (Lipinski definition) is 3. The lowest BCUT2D eigenvalue weighted by Gasteiger charge is -2.22. The minimum atomic E-state index is -0.460. The van der Waals surface area contributed by atoms with Crippen LogP contribution >= 0.6 is 24.0 Å². The van der Waals surface area contributed by atoms with E-state index in [1.807, 2.05) is 0 Å². The molecule has 0 aliphatic carbocycles. The van der Waals surface area contributed by atoms with Gasteiger partial charge in [0.05, 0.1) is 17.2 Å². The Labute approximate surface area is 140 Å². The third-order valence-corrected chi connectivity index (χ3v) is 3.38. The molecule has 1 aromatic rings. The van der Waals surface area contributed by atoms with E-state index in [4.69, 9.17) is 16.3 Å². The molecule has 1 fully saturated rings. The summed E-state index contributed by atoms with van der Waals surface area (Å²) in [5, 5.41) is 8.91. The zero-order valence-corrected chi connectivity index (χ0v) is 13.5. The Balaban J connectivity index is 0.00000242. The highest BCUT2D eigenvalue weighted by molar-refractivity contribution is 6.33. The van der Waals surface area contributed by atoms with Gasteiger partial charge in [0.1, 0.15) is 6.10 Å². The van der Waals surface area contributed by atoms with Crippen molar-refractivity contribution in [3.63, 3.8) is 0 Å². The number of benzene rings is 1. The SMILES string of the molecule is Cl.O=C(NCCNC(=O)C1CNCCO1)c1ccccc1Cl. The molecule has 0 spiro atoms. The lowest BCUT2D eigenvalue weighted by atomic mass is 10.2. The van der Waals surface area contributed by atoms with Crippen molar-refractivity contribution in [1.82, 2.24) is 16.0 Å². The van der Waals surface area contributed by atoms with Gasteiger partial charge in [0.25, 0.3) is 11.8 Å². The Hall–Kier alpha value is -1.34. The molecule has 1 saturated heterocycles. The summed E-state index contributed by atoms with van der Waals surface area (Å²) in [6, 6.07) is 6.82. The van der Waals surface area contributed by atoms with E-state index in [1.165, 1.54) is 0 Å². The van der Waals surface area contributed by atoms with Gasteiger partial charge in [-0.3, -0.25) is 9.59 Å². The summed E-state index contributed by atoms with van der Waals surface area (Å²) in [5.41, 5.74) is 0.422. The second kappa shape index (κ2) is 9.63. The summed E-state index contributed by atoms with van der Waals surface area (Å²) in [6.45, 7) is 2.47. The highest BCUT2D eigenvalue weighted by Crippen LogP contribution is 2.14. The number of carbonyl (C=O) groups is 2. The molecule has 0 aromatic heterocycles.